The average Bonchev–Trinajstić information content (AvgIpc) is 2.26. The minimum absolute atomic E-state index is 0.509. The highest BCUT2D eigenvalue weighted by atomic mass is 32.2. The lowest BCUT2D eigenvalue weighted by Crippen LogP contribution is -2.24. The fourth-order valence-electron chi connectivity index (χ4n) is 1.84. The van der Waals surface area contributed by atoms with Gasteiger partial charge in [0, 0.05) is 12.4 Å². The van der Waals surface area contributed by atoms with Crippen LogP contribution in [0.4, 0.5) is 0 Å². The predicted molar refractivity (Wildman–Crippen MR) is 63.7 cm³/mol. The summed E-state index contributed by atoms with van der Waals surface area (Å²) in [5.74, 6) is 1.86. The lowest BCUT2D eigenvalue weighted by atomic mass is 9.97. The Morgan fingerprint density at radius 1 is 1.50 bits per heavy atom. The van der Waals surface area contributed by atoms with Crippen molar-refractivity contribution in [3.63, 3.8) is 0 Å². The van der Waals surface area contributed by atoms with Crippen molar-refractivity contribution in [2.75, 3.05) is 19.4 Å². The molecule has 1 rings (SSSR count). The lowest BCUT2D eigenvalue weighted by Gasteiger charge is -2.28. The van der Waals surface area contributed by atoms with Crippen molar-refractivity contribution in [3.8, 4) is 0 Å². The number of hydrogen-bond acceptors (Lipinski definition) is 3. The van der Waals surface area contributed by atoms with Gasteiger partial charge in [0.05, 0.1) is 6.10 Å². The Bertz CT molecular complexity index is 154. The maximum atomic E-state index is 5.60. The molecule has 0 saturated heterocycles. The monoisotopic (exact) mass is 217 g/mol. The summed E-state index contributed by atoms with van der Waals surface area (Å²) in [5, 5.41) is 0.808. The number of methoxy groups -OCH3 is 1. The van der Waals surface area contributed by atoms with Crippen LogP contribution in [0.1, 0.15) is 32.6 Å². The third-order valence-corrected chi connectivity index (χ3v) is 4.59. The first-order chi connectivity index (χ1) is 6.76. The number of ether oxygens (including phenoxy) is 1. The van der Waals surface area contributed by atoms with E-state index < -0.39 is 0 Å². The van der Waals surface area contributed by atoms with Crippen LogP contribution in [-0.4, -0.2) is 30.8 Å². The van der Waals surface area contributed by atoms with Gasteiger partial charge in [0.1, 0.15) is 0 Å². The van der Waals surface area contributed by atoms with E-state index in [0.29, 0.717) is 12.0 Å². The zero-order valence-electron chi connectivity index (χ0n) is 9.37. The molecule has 1 aliphatic carbocycles. The van der Waals surface area contributed by atoms with Crippen molar-refractivity contribution in [2.45, 2.75) is 44.0 Å². The lowest BCUT2D eigenvalue weighted by molar-refractivity contribution is 0.0730. The van der Waals surface area contributed by atoms with Gasteiger partial charge in [-0.3, -0.25) is 0 Å². The summed E-state index contributed by atoms with van der Waals surface area (Å²) in [6.07, 6.45) is 5.68. The molecule has 3 unspecified atom stereocenters. The molecule has 14 heavy (non-hydrogen) atoms. The largest absolute Gasteiger partial charge is 0.381 e. The molecule has 1 saturated carbocycles. The highest BCUT2D eigenvalue weighted by molar-refractivity contribution is 7.99. The zero-order valence-corrected chi connectivity index (χ0v) is 10.2. The SMILES string of the molecule is COC1CCCC(SCC(C)CN)C1. The van der Waals surface area contributed by atoms with Crippen molar-refractivity contribution in [1.82, 2.24) is 0 Å². The summed E-state index contributed by atoms with van der Waals surface area (Å²) < 4.78 is 5.42. The molecule has 0 aromatic heterocycles. The van der Waals surface area contributed by atoms with E-state index in [1.807, 2.05) is 7.11 Å². The summed E-state index contributed by atoms with van der Waals surface area (Å²) >= 11 is 2.09. The molecular formula is C11H23NOS. The molecule has 2 nitrogen and oxygen atoms in total. The molecule has 0 heterocycles. The summed E-state index contributed by atoms with van der Waals surface area (Å²) in [5.41, 5.74) is 5.60. The van der Waals surface area contributed by atoms with Gasteiger partial charge in [-0.2, -0.15) is 11.8 Å². The van der Waals surface area contributed by atoms with E-state index in [0.717, 1.165) is 11.8 Å². The molecule has 0 aromatic rings. The molecule has 0 aromatic carbocycles. The van der Waals surface area contributed by atoms with Crippen LogP contribution in [0.2, 0.25) is 0 Å². The van der Waals surface area contributed by atoms with Gasteiger partial charge in [-0.25, -0.2) is 0 Å². The second-order valence-electron chi connectivity index (χ2n) is 4.32. The van der Waals surface area contributed by atoms with E-state index in [-0.39, 0.29) is 0 Å². The minimum atomic E-state index is 0.509. The molecule has 3 atom stereocenters. The molecule has 0 radical (unpaired) electrons. The molecule has 0 bridgehead atoms. The highest BCUT2D eigenvalue weighted by Crippen LogP contribution is 2.30. The van der Waals surface area contributed by atoms with E-state index in [4.69, 9.17) is 10.5 Å². The van der Waals surface area contributed by atoms with Gasteiger partial charge >= 0.3 is 0 Å². The Morgan fingerprint density at radius 3 is 2.93 bits per heavy atom. The van der Waals surface area contributed by atoms with Crippen LogP contribution in [0, 0.1) is 5.92 Å². The van der Waals surface area contributed by atoms with Gasteiger partial charge in [0.2, 0.25) is 0 Å². The average molecular weight is 217 g/mol. The van der Waals surface area contributed by atoms with Gasteiger partial charge < -0.3 is 10.5 Å². The number of thioether (sulfide) groups is 1. The summed E-state index contributed by atoms with van der Waals surface area (Å²) in [6.45, 7) is 3.04. The first-order valence-electron chi connectivity index (χ1n) is 5.60. The van der Waals surface area contributed by atoms with Gasteiger partial charge in [0.25, 0.3) is 0 Å². The maximum absolute atomic E-state index is 5.60. The Morgan fingerprint density at radius 2 is 2.29 bits per heavy atom. The first kappa shape index (κ1) is 12.3. The Balaban J connectivity index is 2.17. The molecule has 0 spiro atoms. The van der Waals surface area contributed by atoms with Crippen LogP contribution in [-0.2, 0) is 4.74 Å². The fraction of sp³-hybridized carbons (Fsp3) is 1.00. The molecule has 1 aliphatic rings. The zero-order chi connectivity index (χ0) is 10.4. The number of rotatable bonds is 5. The molecule has 1 fully saturated rings. The van der Waals surface area contributed by atoms with Gasteiger partial charge in [-0.05, 0) is 43.9 Å². The van der Waals surface area contributed by atoms with Crippen LogP contribution >= 0.6 is 11.8 Å². The number of hydrogen-bond donors (Lipinski definition) is 1. The quantitative estimate of drug-likeness (QED) is 0.767. The summed E-state index contributed by atoms with van der Waals surface area (Å²) in [4.78, 5) is 0. The third kappa shape index (κ3) is 4.20. The normalized spacial score (nSPS) is 30.2. The highest BCUT2D eigenvalue weighted by Gasteiger charge is 2.22. The molecule has 2 N–H and O–H groups in total. The van der Waals surface area contributed by atoms with Gasteiger partial charge in [-0.1, -0.05) is 6.92 Å². The van der Waals surface area contributed by atoms with Crippen LogP contribution in [0.5, 0.6) is 0 Å². The third-order valence-electron chi connectivity index (χ3n) is 2.93. The number of nitrogens with two attached hydrogens (primary N) is 1. The predicted octanol–water partition coefficient (Wildman–Crippen LogP) is 2.27. The Labute approximate surface area is 92.0 Å². The van der Waals surface area contributed by atoms with Crippen molar-refractivity contribution in [3.05, 3.63) is 0 Å². The standard InChI is InChI=1S/C11H23NOS/c1-9(7-12)8-14-11-5-3-4-10(6-11)13-2/h9-11H,3-8,12H2,1-2H3. The smallest absolute Gasteiger partial charge is 0.0581 e. The first-order valence-corrected chi connectivity index (χ1v) is 6.65. The van der Waals surface area contributed by atoms with Crippen LogP contribution in [0.25, 0.3) is 0 Å². The molecular weight excluding hydrogens is 194 g/mol. The Kier molecular flexibility index (Phi) is 5.90. The van der Waals surface area contributed by atoms with Crippen molar-refractivity contribution in [2.24, 2.45) is 11.7 Å². The molecule has 84 valence electrons. The topological polar surface area (TPSA) is 35.2 Å². The van der Waals surface area contributed by atoms with E-state index >= 15 is 0 Å². The molecule has 0 aliphatic heterocycles. The van der Waals surface area contributed by atoms with E-state index in [1.54, 1.807) is 0 Å². The second-order valence-corrected chi connectivity index (χ2v) is 5.65. The van der Waals surface area contributed by atoms with E-state index in [2.05, 4.69) is 18.7 Å². The van der Waals surface area contributed by atoms with Crippen LogP contribution in [0.3, 0.4) is 0 Å². The van der Waals surface area contributed by atoms with Crippen LogP contribution < -0.4 is 5.73 Å². The fourth-order valence-corrected chi connectivity index (χ4v) is 3.26. The summed E-state index contributed by atoms with van der Waals surface area (Å²) in [7, 11) is 1.83. The van der Waals surface area contributed by atoms with Gasteiger partial charge in [0.15, 0.2) is 0 Å². The summed E-state index contributed by atoms with van der Waals surface area (Å²) in [6, 6.07) is 0. The van der Waals surface area contributed by atoms with Crippen molar-refractivity contribution >= 4 is 11.8 Å². The molecule has 0 amide bonds. The van der Waals surface area contributed by atoms with E-state index in [1.165, 1.54) is 31.4 Å². The molecule has 3 heteroatoms. The van der Waals surface area contributed by atoms with Crippen molar-refractivity contribution in [1.29, 1.82) is 0 Å². The van der Waals surface area contributed by atoms with Gasteiger partial charge in [-0.15, -0.1) is 0 Å². The van der Waals surface area contributed by atoms with E-state index in [9.17, 15) is 0 Å². The van der Waals surface area contributed by atoms with Crippen LogP contribution in [0.15, 0.2) is 0 Å². The maximum Gasteiger partial charge on any atom is 0.0581 e. The van der Waals surface area contributed by atoms with Crippen molar-refractivity contribution < 1.29 is 4.74 Å². The Hall–Kier alpha value is 0.270. The second kappa shape index (κ2) is 6.70. The minimum Gasteiger partial charge on any atom is -0.381 e.